The van der Waals surface area contributed by atoms with E-state index in [2.05, 4.69) is 4.72 Å². The number of nitrogens with zero attached hydrogens (tertiary/aromatic N) is 1. The molecule has 1 N–H and O–H groups in total. The van der Waals surface area contributed by atoms with Crippen LogP contribution in [0.15, 0.2) is 23.1 Å². The third-order valence-corrected chi connectivity index (χ3v) is 4.56. The third kappa shape index (κ3) is 2.68. The Morgan fingerprint density at radius 2 is 2.17 bits per heavy atom. The zero-order chi connectivity index (χ0) is 13.4. The first-order valence-corrected chi connectivity index (χ1v) is 7.04. The molecule has 96 valence electrons. The number of nitrogens with one attached hydrogen (secondary N) is 1. The van der Waals surface area contributed by atoms with E-state index in [1.165, 1.54) is 0 Å². The molecule has 0 radical (unpaired) electrons. The van der Waals surface area contributed by atoms with Gasteiger partial charge in [-0.1, -0.05) is 6.92 Å². The first kappa shape index (κ1) is 13.0. The van der Waals surface area contributed by atoms with Crippen LogP contribution in [0.5, 0.6) is 0 Å². The molecule has 18 heavy (non-hydrogen) atoms. The third-order valence-electron chi connectivity index (χ3n) is 3.16. The zero-order valence-electron chi connectivity index (χ0n) is 9.90. The smallest absolute Gasteiger partial charge is 0.211 e. The van der Waals surface area contributed by atoms with E-state index in [4.69, 9.17) is 5.26 Å². The monoisotopic (exact) mass is 268 g/mol. The summed E-state index contributed by atoms with van der Waals surface area (Å²) in [5, 5.41) is 8.67. The highest BCUT2D eigenvalue weighted by atomic mass is 32.2. The first-order chi connectivity index (χ1) is 8.36. The highest BCUT2D eigenvalue weighted by Crippen LogP contribution is 2.44. The minimum Gasteiger partial charge on any atom is -0.211 e. The van der Waals surface area contributed by atoms with Crippen molar-refractivity contribution in [3.8, 4) is 6.07 Å². The molecule has 4 nitrogen and oxygen atoms in total. The molecule has 1 aromatic carbocycles. The molecule has 0 aliphatic heterocycles. The van der Waals surface area contributed by atoms with Gasteiger partial charge in [0, 0.05) is 6.54 Å². The van der Waals surface area contributed by atoms with E-state index in [0.717, 1.165) is 31.0 Å². The molecule has 0 bridgehead atoms. The number of sulfonamides is 1. The maximum atomic E-state index is 13.1. The second kappa shape index (κ2) is 4.34. The standard InChI is InChI=1S/C12H13FN2O2S/c1-12(4-5-12)8-15-18(16,17)10-2-3-11(13)9(6-10)7-14/h2-3,6,15H,4-5,8H2,1H3. The molecular weight excluding hydrogens is 255 g/mol. The Labute approximate surface area is 105 Å². The van der Waals surface area contributed by atoms with Gasteiger partial charge >= 0.3 is 0 Å². The molecule has 1 aromatic rings. The molecule has 0 atom stereocenters. The zero-order valence-corrected chi connectivity index (χ0v) is 10.7. The van der Waals surface area contributed by atoms with Crippen molar-refractivity contribution in [2.75, 3.05) is 6.54 Å². The Bertz CT molecular complexity index is 615. The van der Waals surface area contributed by atoms with Gasteiger partial charge in [0.25, 0.3) is 0 Å². The lowest BCUT2D eigenvalue weighted by atomic mass is 10.2. The molecule has 1 fully saturated rings. The molecule has 0 spiro atoms. The van der Waals surface area contributed by atoms with Crippen LogP contribution < -0.4 is 4.72 Å². The van der Waals surface area contributed by atoms with Crippen molar-refractivity contribution in [3.05, 3.63) is 29.6 Å². The molecule has 0 heterocycles. The van der Waals surface area contributed by atoms with Gasteiger partial charge in [-0.25, -0.2) is 17.5 Å². The SMILES string of the molecule is CC1(CNS(=O)(=O)c2ccc(F)c(C#N)c2)CC1. The Morgan fingerprint density at radius 3 is 2.72 bits per heavy atom. The van der Waals surface area contributed by atoms with Gasteiger partial charge in [-0.2, -0.15) is 5.26 Å². The van der Waals surface area contributed by atoms with E-state index in [9.17, 15) is 12.8 Å². The van der Waals surface area contributed by atoms with Crippen LogP contribution in [-0.4, -0.2) is 15.0 Å². The van der Waals surface area contributed by atoms with Crippen LogP contribution in [0.2, 0.25) is 0 Å². The number of nitriles is 1. The molecule has 1 aliphatic rings. The lowest BCUT2D eigenvalue weighted by Crippen LogP contribution is -2.29. The van der Waals surface area contributed by atoms with Crippen molar-refractivity contribution in [3.63, 3.8) is 0 Å². The van der Waals surface area contributed by atoms with Crippen LogP contribution in [0.3, 0.4) is 0 Å². The van der Waals surface area contributed by atoms with Gasteiger partial charge in [-0.05, 0) is 36.5 Å². The number of hydrogen-bond donors (Lipinski definition) is 1. The number of halogens is 1. The normalized spacial score (nSPS) is 17.2. The van der Waals surface area contributed by atoms with Gasteiger partial charge in [0.05, 0.1) is 10.5 Å². The molecule has 2 rings (SSSR count). The summed E-state index contributed by atoms with van der Waals surface area (Å²) in [7, 11) is -3.67. The van der Waals surface area contributed by atoms with Crippen LogP contribution in [0.1, 0.15) is 25.3 Å². The van der Waals surface area contributed by atoms with Gasteiger partial charge < -0.3 is 0 Å². The number of rotatable bonds is 4. The van der Waals surface area contributed by atoms with Crippen molar-refractivity contribution in [1.29, 1.82) is 5.26 Å². The van der Waals surface area contributed by atoms with Gasteiger partial charge in [0.15, 0.2) is 0 Å². The number of benzene rings is 1. The van der Waals surface area contributed by atoms with E-state index in [1.54, 1.807) is 6.07 Å². The quantitative estimate of drug-likeness (QED) is 0.904. The lowest BCUT2D eigenvalue weighted by Gasteiger charge is -2.11. The molecule has 1 saturated carbocycles. The van der Waals surface area contributed by atoms with Gasteiger partial charge in [0.1, 0.15) is 11.9 Å². The highest BCUT2D eigenvalue weighted by molar-refractivity contribution is 7.89. The van der Waals surface area contributed by atoms with Crippen LogP contribution in [0.25, 0.3) is 0 Å². The molecule has 0 amide bonds. The predicted octanol–water partition coefficient (Wildman–Crippen LogP) is 1.78. The second-order valence-corrected chi connectivity index (χ2v) is 6.66. The van der Waals surface area contributed by atoms with Crippen molar-refractivity contribution < 1.29 is 12.8 Å². The van der Waals surface area contributed by atoms with Crippen LogP contribution >= 0.6 is 0 Å². The second-order valence-electron chi connectivity index (χ2n) is 4.89. The maximum absolute atomic E-state index is 13.1. The van der Waals surface area contributed by atoms with Crippen molar-refractivity contribution >= 4 is 10.0 Å². The van der Waals surface area contributed by atoms with E-state index in [0.29, 0.717) is 6.54 Å². The Balaban J connectivity index is 2.21. The van der Waals surface area contributed by atoms with E-state index >= 15 is 0 Å². The maximum Gasteiger partial charge on any atom is 0.240 e. The van der Waals surface area contributed by atoms with E-state index in [1.807, 2.05) is 6.92 Å². The topological polar surface area (TPSA) is 70.0 Å². The summed E-state index contributed by atoms with van der Waals surface area (Å²) in [6.45, 7) is 2.37. The Kier molecular flexibility index (Phi) is 3.13. The summed E-state index contributed by atoms with van der Waals surface area (Å²) in [5.74, 6) is -0.717. The van der Waals surface area contributed by atoms with Gasteiger partial charge in [-0.3, -0.25) is 0 Å². The van der Waals surface area contributed by atoms with Crippen molar-refractivity contribution in [1.82, 2.24) is 4.72 Å². The predicted molar refractivity (Wildman–Crippen MR) is 63.6 cm³/mol. The minimum absolute atomic E-state index is 0.0468. The van der Waals surface area contributed by atoms with Crippen LogP contribution in [0.4, 0.5) is 4.39 Å². The van der Waals surface area contributed by atoms with Crippen molar-refractivity contribution in [2.24, 2.45) is 5.41 Å². The minimum atomic E-state index is -3.67. The number of hydrogen-bond acceptors (Lipinski definition) is 3. The summed E-state index contributed by atoms with van der Waals surface area (Å²) in [5.41, 5.74) is -0.221. The average Bonchev–Trinajstić information content (AvgIpc) is 3.06. The fraction of sp³-hybridized carbons (Fsp3) is 0.417. The Morgan fingerprint density at radius 1 is 1.50 bits per heavy atom. The Hall–Kier alpha value is -1.45. The van der Waals surface area contributed by atoms with E-state index in [-0.39, 0.29) is 15.9 Å². The molecular formula is C12H13FN2O2S. The molecule has 0 saturated heterocycles. The van der Waals surface area contributed by atoms with Crippen LogP contribution in [0, 0.1) is 22.6 Å². The molecule has 1 aliphatic carbocycles. The van der Waals surface area contributed by atoms with Gasteiger partial charge in [0.2, 0.25) is 10.0 Å². The fourth-order valence-electron chi connectivity index (χ4n) is 1.50. The first-order valence-electron chi connectivity index (χ1n) is 5.56. The lowest BCUT2D eigenvalue weighted by molar-refractivity contribution is 0.530. The summed E-state index contributed by atoms with van der Waals surface area (Å²) in [6.07, 6.45) is 2.00. The van der Waals surface area contributed by atoms with Gasteiger partial charge in [-0.15, -0.1) is 0 Å². The van der Waals surface area contributed by atoms with Crippen molar-refractivity contribution in [2.45, 2.75) is 24.7 Å². The summed E-state index contributed by atoms with van der Waals surface area (Å²) in [4.78, 5) is -0.0790. The summed E-state index contributed by atoms with van der Waals surface area (Å²) in [6, 6.07) is 4.83. The molecule has 0 unspecified atom stereocenters. The molecule has 0 aromatic heterocycles. The average molecular weight is 268 g/mol. The fourth-order valence-corrected chi connectivity index (χ4v) is 2.73. The van der Waals surface area contributed by atoms with Crippen LogP contribution in [-0.2, 0) is 10.0 Å². The van der Waals surface area contributed by atoms with E-state index < -0.39 is 15.8 Å². The molecule has 6 heteroatoms. The highest BCUT2D eigenvalue weighted by Gasteiger charge is 2.38. The largest absolute Gasteiger partial charge is 0.240 e. The summed E-state index contributed by atoms with van der Waals surface area (Å²) < 4.78 is 39.5. The summed E-state index contributed by atoms with van der Waals surface area (Å²) >= 11 is 0.